The molecular weight excluding hydrogens is 210 g/mol. The van der Waals surface area contributed by atoms with Crippen molar-refractivity contribution in [2.24, 2.45) is 0 Å². The Morgan fingerprint density at radius 3 is 2.35 bits per heavy atom. The van der Waals surface area contributed by atoms with Gasteiger partial charge in [-0.2, -0.15) is 0 Å². The Kier molecular flexibility index (Phi) is 4.06. The first-order valence-electron chi connectivity index (χ1n) is 6.81. The fourth-order valence-electron chi connectivity index (χ4n) is 2.27. The maximum atomic E-state index is 9.77. The van der Waals surface area contributed by atoms with Gasteiger partial charge in [-0.3, -0.25) is 0 Å². The Labute approximate surface area is 104 Å². The first-order chi connectivity index (χ1) is 8.26. The van der Waals surface area contributed by atoms with Crippen molar-refractivity contribution in [1.82, 2.24) is 0 Å². The van der Waals surface area contributed by atoms with Crippen LogP contribution in [0.5, 0.6) is 0 Å². The molecule has 1 aromatic rings. The van der Waals surface area contributed by atoms with Gasteiger partial charge in [0.25, 0.3) is 0 Å². The van der Waals surface area contributed by atoms with Crippen LogP contribution in [0.15, 0.2) is 24.3 Å². The molecule has 0 heterocycles. The average molecular weight is 233 g/mol. The van der Waals surface area contributed by atoms with Gasteiger partial charge >= 0.3 is 0 Å². The molecule has 0 aromatic heterocycles. The van der Waals surface area contributed by atoms with Crippen LogP contribution in [0.4, 0.5) is 5.69 Å². The standard InChI is InChI=1S/C15H23NO/c1-3-11-16(14-9-10-14)13-7-5-12(6-8-13)15(17)4-2/h5-8,14-15,17H,3-4,9-11H2,1-2H3. The van der Waals surface area contributed by atoms with E-state index in [1.54, 1.807) is 0 Å². The Bertz CT molecular complexity index is 342. The van der Waals surface area contributed by atoms with E-state index in [9.17, 15) is 5.11 Å². The summed E-state index contributed by atoms with van der Waals surface area (Å²) in [4.78, 5) is 2.50. The number of anilines is 1. The van der Waals surface area contributed by atoms with Crippen LogP contribution >= 0.6 is 0 Å². The first kappa shape index (κ1) is 12.4. The molecule has 17 heavy (non-hydrogen) atoms. The largest absolute Gasteiger partial charge is 0.388 e. The molecule has 0 aliphatic heterocycles. The summed E-state index contributed by atoms with van der Waals surface area (Å²) in [5.74, 6) is 0. The molecule has 1 aromatic carbocycles. The summed E-state index contributed by atoms with van der Waals surface area (Å²) in [5.41, 5.74) is 2.34. The van der Waals surface area contributed by atoms with Crippen LogP contribution in [0.25, 0.3) is 0 Å². The van der Waals surface area contributed by atoms with Crippen LogP contribution < -0.4 is 4.90 Å². The van der Waals surface area contributed by atoms with E-state index in [0.717, 1.165) is 24.6 Å². The molecule has 0 saturated heterocycles. The summed E-state index contributed by atoms with van der Waals surface area (Å²) in [6.07, 6.45) is 4.32. The van der Waals surface area contributed by atoms with E-state index in [1.807, 2.05) is 6.92 Å². The van der Waals surface area contributed by atoms with Crippen LogP contribution in [0.3, 0.4) is 0 Å². The van der Waals surface area contributed by atoms with Crippen LogP contribution in [-0.4, -0.2) is 17.7 Å². The molecule has 94 valence electrons. The Hall–Kier alpha value is -1.02. The molecule has 0 amide bonds. The lowest BCUT2D eigenvalue weighted by Gasteiger charge is -2.24. The predicted octanol–water partition coefficient (Wildman–Crippen LogP) is 3.51. The Morgan fingerprint density at radius 1 is 1.24 bits per heavy atom. The van der Waals surface area contributed by atoms with E-state index in [2.05, 4.69) is 36.1 Å². The Morgan fingerprint density at radius 2 is 1.88 bits per heavy atom. The zero-order valence-electron chi connectivity index (χ0n) is 10.9. The lowest BCUT2D eigenvalue weighted by atomic mass is 10.1. The van der Waals surface area contributed by atoms with Crippen molar-refractivity contribution in [3.63, 3.8) is 0 Å². The number of aliphatic hydroxyl groups is 1. The van der Waals surface area contributed by atoms with Gasteiger partial charge in [-0.25, -0.2) is 0 Å². The van der Waals surface area contributed by atoms with Crippen LogP contribution in [-0.2, 0) is 0 Å². The fourth-order valence-corrected chi connectivity index (χ4v) is 2.27. The highest BCUT2D eigenvalue weighted by Gasteiger charge is 2.28. The summed E-state index contributed by atoms with van der Waals surface area (Å²) < 4.78 is 0. The second kappa shape index (κ2) is 5.54. The van der Waals surface area contributed by atoms with Crippen molar-refractivity contribution >= 4 is 5.69 Å². The smallest absolute Gasteiger partial charge is 0.0787 e. The number of benzene rings is 1. The summed E-state index contributed by atoms with van der Waals surface area (Å²) in [6, 6.07) is 9.20. The number of aliphatic hydroxyl groups excluding tert-OH is 1. The van der Waals surface area contributed by atoms with E-state index in [-0.39, 0.29) is 6.10 Å². The highest BCUT2D eigenvalue weighted by Crippen LogP contribution is 2.32. The normalized spacial score (nSPS) is 16.9. The molecule has 0 bridgehead atoms. The monoisotopic (exact) mass is 233 g/mol. The number of hydrogen-bond acceptors (Lipinski definition) is 2. The number of rotatable bonds is 6. The van der Waals surface area contributed by atoms with Crippen molar-refractivity contribution in [3.8, 4) is 0 Å². The topological polar surface area (TPSA) is 23.5 Å². The van der Waals surface area contributed by atoms with E-state index < -0.39 is 0 Å². The van der Waals surface area contributed by atoms with Crippen molar-refractivity contribution in [2.45, 2.75) is 51.7 Å². The molecule has 0 radical (unpaired) electrons. The van der Waals surface area contributed by atoms with Crippen molar-refractivity contribution in [3.05, 3.63) is 29.8 Å². The zero-order chi connectivity index (χ0) is 12.3. The third kappa shape index (κ3) is 3.01. The van der Waals surface area contributed by atoms with Gasteiger partial charge in [0.05, 0.1) is 6.10 Å². The van der Waals surface area contributed by atoms with Gasteiger partial charge in [0.2, 0.25) is 0 Å². The molecule has 1 atom stereocenters. The minimum atomic E-state index is -0.315. The summed E-state index contributed by atoms with van der Waals surface area (Å²) in [7, 11) is 0. The third-order valence-electron chi connectivity index (χ3n) is 3.45. The molecule has 2 heteroatoms. The summed E-state index contributed by atoms with van der Waals surface area (Å²) in [5, 5.41) is 9.77. The second-order valence-corrected chi connectivity index (χ2v) is 4.94. The first-order valence-corrected chi connectivity index (χ1v) is 6.81. The van der Waals surface area contributed by atoms with E-state index in [1.165, 1.54) is 24.9 Å². The van der Waals surface area contributed by atoms with Gasteiger partial charge in [-0.05, 0) is 43.4 Å². The lowest BCUT2D eigenvalue weighted by molar-refractivity contribution is 0.173. The highest BCUT2D eigenvalue weighted by atomic mass is 16.3. The van der Waals surface area contributed by atoms with Gasteiger partial charge in [0, 0.05) is 18.3 Å². The van der Waals surface area contributed by atoms with E-state index in [0.29, 0.717) is 0 Å². The van der Waals surface area contributed by atoms with Crippen molar-refractivity contribution < 1.29 is 5.11 Å². The SMILES string of the molecule is CCCN(c1ccc(C(O)CC)cc1)C1CC1. The fraction of sp³-hybridized carbons (Fsp3) is 0.600. The maximum absolute atomic E-state index is 9.77. The third-order valence-corrected chi connectivity index (χ3v) is 3.45. The minimum Gasteiger partial charge on any atom is -0.388 e. The average Bonchev–Trinajstić information content (AvgIpc) is 3.19. The summed E-state index contributed by atoms with van der Waals surface area (Å²) >= 11 is 0. The van der Waals surface area contributed by atoms with Gasteiger partial charge in [0.1, 0.15) is 0 Å². The van der Waals surface area contributed by atoms with Gasteiger partial charge in [-0.15, -0.1) is 0 Å². The van der Waals surface area contributed by atoms with Crippen LogP contribution in [0.1, 0.15) is 51.2 Å². The molecule has 2 rings (SSSR count). The molecule has 0 spiro atoms. The quantitative estimate of drug-likeness (QED) is 0.812. The number of hydrogen-bond donors (Lipinski definition) is 1. The summed E-state index contributed by atoms with van der Waals surface area (Å²) in [6.45, 7) is 5.37. The van der Waals surface area contributed by atoms with Crippen LogP contribution in [0.2, 0.25) is 0 Å². The predicted molar refractivity (Wildman–Crippen MR) is 72.4 cm³/mol. The molecule has 1 N–H and O–H groups in total. The zero-order valence-corrected chi connectivity index (χ0v) is 10.9. The molecule has 1 aliphatic carbocycles. The molecule has 1 unspecified atom stereocenters. The van der Waals surface area contributed by atoms with Gasteiger partial charge in [-0.1, -0.05) is 26.0 Å². The van der Waals surface area contributed by atoms with Crippen molar-refractivity contribution in [1.29, 1.82) is 0 Å². The molecular formula is C15H23NO. The van der Waals surface area contributed by atoms with E-state index in [4.69, 9.17) is 0 Å². The Balaban J connectivity index is 2.09. The molecule has 1 fully saturated rings. The lowest BCUT2D eigenvalue weighted by Crippen LogP contribution is -2.26. The second-order valence-electron chi connectivity index (χ2n) is 4.94. The maximum Gasteiger partial charge on any atom is 0.0787 e. The van der Waals surface area contributed by atoms with Gasteiger partial charge < -0.3 is 10.0 Å². The highest BCUT2D eigenvalue weighted by molar-refractivity contribution is 5.50. The molecule has 2 nitrogen and oxygen atoms in total. The number of nitrogens with zero attached hydrogens (tertiary/aromatic N) is 1. The van der Waals surface area contributed by atoms with Crippen molar-refractivity contribution in [2.75, 3.05) is 11.4 Å². The minimum absolute atomic E-state index is 0.315. The van der Waals surface area contributed by atoms with Crippen LogP contribution in [0, 0.1) is 0 Å². The molecule has 1 aliphatic rings. The van der Waals surface area contributed by atoms with Gasteiger partial charge in [0.15, 0.2) is 0 Å². The van der Waals surface area contributed by atoms with E-state index >= 15 is 0 Å². The molecule has 1 saturated carbocycles.